The van der Waals surface area contributed by atoms with Crippen LogP contribution >= 0.6 is 0 Å². The van der Waals surface area contributed by atoms with E-state index >= 15 is 0 Å². The molecule has 0 saturated carbocycles. The Hall–Kier alpha value is -1.60. The lowest BCUT2D eigenvalue weighted by atomic mass is 10.0. The summed E-state index contributed by atoms with van der Waals surface area (Å²) in [5.41, 5.74) is 2.73. The van der Waals surface area contributed by atoms with Crippen LogP contribution in [-0.2, 0) is 12.8 Å². The molecule has 0 aliphatic carbocycles. The Bertz CT molecular complexity index is 418. The van der Waals surface area contributed by atoms with Crippen LogP contribution in [0.5, 0.6) is 0 Å². The topological polar surface area (TPSA) is 20.2 Å². The lowest BCUT2D eigenvalue weighted by Gasteiger charge is -2.10. The van der Waals surface area contributed by atoms with Crippen molar-refractivity contribution < 1.29 is 5.11 Å². The Morgan fingerprint density at radius 3 is 1.45 bits per heavy atom. The molecule has 0 spiro atoms. The van der Waals surface area contributed by atoms with E-state index in [9.17, 15) is 5.11 Å². The molecule has 2 aromatic rings. The number of hydrogen-bond donors (Lipinski definition) is 1. The summed E-state index contributed by atoms with van der Waals surface area (Å²) < 4.78 is 0. The van der Waals surface area contributed by atoms with Crippen molar-refractivity contribution in [2.45, 2.75) is 44.6 Å². The normalized spacial score (nSPS) is 10.9. The van der Waals surface area contributed by atoms with Crippen molar-refractivity contribution in [3.05, 3.63) is 71.8 Å². The lowest BCUT2D eigenvalue weighted by Crippen LogP contribution is -2.07. The summed E-state index contributed by atoms with van der Waals surface area (Å²) in [6, 6.07) is 21.0. The highest BCUT2D eigenvalue weighted by molar-refractivity contribution is 5.15. The van der Waals surface area contributed by atoms with Gasteiger partial charge in [0, 0.05) is 0 Å². The van der Waals surface area contributed by atoms with Crippen LogP contribution in [0, 0.1) is 0 Å². The molecule has 0 aromatic heterocycles. The fourth-order valence-electron chi connectivity index (χ4n) is 2.52. The molecule has 0 atom stereocenters. The average molecular weight is 268 g/mol. The number of rotatable bonds is 8. The SMILES string of the molecule is OC(CCCc1ccccc1)CCCc1ccccc1. The van der Waals surface area contributed by atoms with E-state index in [-0.39, 0.29) is 6.10 Å². The average Bonchev–Trinajstić information content (AvgIpc) is 2.49. The van der Waals surface area contributed by atoms with Crippen molar-refractivity contribution in [1.82, 2.24) is 0 Å². The summed E-state index contributed by atoms with van der Waals surface area (Å²) in [6.45, 7) is 0. The lowest BCUT2D eigenvalue weighted by molar-refractivity contribution is 0.149. The van der Waals surface area contributed by atoms with Crippen LogP contribution in [0.1, 0.15) is 36.8 Å². The largest absolute Gasteiger partial charge is 0.393 e. The van der Waals surface area contributed by atoms with E-state index in [0.29, 0.717) is 0 Å². The highest BCUT2D eigenvalue weighted by Gasteiger charge is 2.04. The van der Waals surface area contributed by atoms with E-state index in [1.807, 2.05) is 12.1 Å². The highest BCUT2D eigenvalue weighted by Crippen LogP contribution is 2.12. The van der Waals surface area contributed by atoms with Gasteiger partial charge in [-0.1, -0.05) is 60.7 Å². The molecule has 0 aliphatic heterocycles. The first-order chi connectivity index (χ1) is 9.84. The maximum atomic E-state index is 10.0. The van der Waals surface area contributed by atoms with Crippen LogP contribution in [0.3, 0.4) is 0 Å². The first kappa shape index (κ1) is 14.8. The summed E-state index contributed by atoms with van der Waals surface area (Å²) in [4.78, 5) is 0. The molecule has 0 radical (unpaired) electrons. The van der Waals surface area contributed by atoms with E-state index in [1.54, 1.807) is 0 Å². The fraction of sp³-hybridized carbons (Fsp3) is 0.368. The molecule has 106 valence electrons. The van der Waals surface area contributed by atoms with Gasteiger partial charge in [-0.3, -0.25) is 0 Å². The zero-order valence-corrected chi connectivity index (χ0v) is 12.0. The van der Waals surface area contributed by atoms with Crippen LogP contribution < -0.4 is 0 Å². The van der Waals surface area contributed by atoms with Crippen molar-refractivity contribution in [2.75, 3.05) is 0 Å². The van der Waals surface area contributed by atoms with E-state index < -0.39 is 0 Å². The second kappa shape index (κ2) is 8.55. The third-order valence-electron chi connectivity index (χ3n) is 3.69. The molecular weight excluding hydrogens is 244 g/mol. The van der Waals surface area contributed by atoms with Gasteiger partial charge in [0.25, 0.3) is 0 Å². The number of hydrogen-bond acceptors (Lipinski definition) is 1. The molecule has 1 N–H and O–H groups in total. The van der Waals surface area contributed by atoms with Crippen molar-refractivity contribution in [3.8, 4) is 0 Å². The molecule has 1 nitrogen and oxygen atoms in total. The van der Waals surface area contributed by atoms with Gasteiger partial charge in [-0.05, 0) is 49.7 Å². The molecule has 20 heavy (non-hydrogen) atoms. The standard InChI is InChI=1S/C19H24O/c20-19(15-7-13-17-9-3-1-4-10-17)16-8-14-18-11-5-2-6-12-18/h1-6,9-12,19-20H,7-8,13-16H2. The van der Waals surface area contributed by atoms with Gasteiger partial charge in [-0.2, -0.15) is 0 Å². The molecule has 2 rings (SSSR count). The van der Waals surface area contributed by atoms with Gasteiger partial charge in [0.2, 0.25) is 0 Å². The molecule has 1 heteroatoms. The quantitative estimate of drug-likeness (QED) is 0.752. The predicted molar refractivity (Wildman–Crippen MR) is 84.8 cm³/mol. The molecule has 0 heterocycles. The monoisotopic (exact) mass is 268 g/mol. The van der Waals surface area contributed by atoms with Crippen LogP contribution in [-0.4, -0.2) is 11.2 Å². The van der Waals surface area contributed by atoms with Gasteiger partial charge in [-0.25, -0.2) is 0 Å². The zero-order valence-electron chi connectivity index (χ0n) is 12.0. The number of benzene rings is 2. The van der Waals surface area contributed by atoms with E-state index in [0.717, 1.165) is 38.5 Å². The molecule has 0 bridgehead atoms. The summed E-state index contributed by atoms with van der Waals surface area (Å²) in [7, 11) is 0. The second-order valence-corrected chi connectivity index (χ2v) is 5.41. The number of aryl methyl sites for hydroxylation is 2. The Morgan fingerprint density at radius 2 is 1.05 bits per heavy atom. The van der Waals surface area contributed by atoms with Gasteiger partial charge in [-0.15, -0.1) is 0 Å². The summed E-state index contributed by atoms with van der Waals surface area (Å²) in [5.74, 6) is 0. The van der Waals surface area contributed by atoms with Crippen molar-refractivity contribution >= 4 is 0 Å². The van der Waals surface area contributed by atoms with Crippen molar-refractivity contribution in [1.29, 1.82) is 0 Å². The van der Waals surface area contributed by atoms with Gasteiger partial charge in [0.1, 0.15) is 0 Å². The van der Waals surface area contributed by atoms with Gasteiger partial charge >= 0.3 is 0 Å². The summed E-state index contributed by atoms with van der Waals surface area (Å²) in [6.07, 6.45) is 5.93. The molecule has 2 aromatic carbocycles. The Morgan fingerprint density at radius 1 is 0.650 bits per heavy atom. The number of aliphatic hydroxyl groups is 1. The minimum absolute atomic E-state index is 0.151. The van der Waals surface area contributed by atoms with Crippen LogP contribution in [0.2, 0.25) is 0 Å². The number of aliphatic hydroxyl groups excluding tert-OH is 1. The van der Waals surface area contributed by atoms with Crippen LogP contribution in [0.15, 0.2) is 60.7 Å². The van der Waals surface area contributed by atoms with E-state index in [2.05, 4.69) is 48.5 Å². The Labute approximate surface area is 122 Å². The third-order valence-corrected chi connectivity index (χ3v) is 3.69. The second-order valence-electron chi connectivity index (χ2n) is 5.41. The smallest absolute Gasteiger partial charge is 0.0540 e. The van der Waals surface area contributed by atoms with Crippen LogP contribution in [0.25, 0.3) is 0 Å². The van der Waals surface area contributed by atoms with E-state index in [1.165, 1.54) is 11.1 Å². The van der Waals surface area contributed by atoms with Gasteiger partial charge in [0.05, 0.1) is 6.10 Å². The van der Waals surface area contributed by atoms with Crippen LogP contribution in [0.4, 0.5) is 0 Å². The fourth-order valence-corrected chi connectivity index (χ4v) is 2.52. The molecule has 0 unspecified atom stereocenters. The summed E-state index contributed by atoms with van der Waals surface area (Å²) >= 11 is 0. The first-order valence-electron chi connectivity index (χ1n) is 7.60. The predicted octanol–water partition coefficient (Wildman–Crippen LogP) is 4.39. The maximum Gasteiger partial charge on any atom is 0.0540 e. The molecule has 0 amide bonds. The molecule has 0 fully saturated rings. The molecule has 0 saturated heterocycles. The van der Waals surface area contributed by atoms with Crippen molar-refractivity contribution in [2.24, 2.45) is 0 Å². The Balaban J connectivity index is 1.58. The minimum atomic E-state index is -0.151. The molecular formula is C19H24O. The summed E-state index contributed by atoms with van der Waals surface area (Å²) in [5, 5.41) is 10.0. The highest BCUT2D eigenvalue weighted by atomic mass is 16.3. The van der Waals surface area contributed by atoms with Crippen molar-refractivity contribution in [3.63, 3.8) is 0 Å². The zero-order chi connectivity index (χ0) is 14.0. The van der Waals surface area contributed by atoms with E-state index in [4.69, 9.17) is 0 Å². The Kier molecular flexibility index (Phi) is 6.33. The maximum absolute atomic E-state index is 10.0. The third kappa shape index (κ3) is 5.58. The van der Waals surface area contributed by atoms with Gasteiger partial charge < -0.3 is 5.11 Å². The first-order valence-corrected chi connectivity index (χ1v) is 7.60. The molecule has 0 aliphatic rings. The minimum Gasteiger partial charge on any atom is -0.393 e. The van der Waals surface area contributed by atoms with Gasteiger partial charge in [0.15, 0.2) is 0 Å².